The van der Waals surface area contributed by atoms with Gasteiger partial charge in [0.25, 0.3) is 0 Å². The summed E-state index contributed by atoms with van der Waals surface area (Å²) in [4.78, 5) is 11.7. The summed E-state index contributed by atoms with van der Waals surface area (Å²) in [5.74, 6) is 0.529. The molecule has 1 amide bonds. The molecule has 90 valence electrons. The van der Waals surface area contributed by atoms with Crippen molar-refractivity contribution < 1.29 is 9.53 Å². The molecule has 0 bridgehead atoms. The molecule has 17 heavy (non-hydrogen) atoms. The van der Waals surface area contributed by atoms with E-state index in [9.17, 15) is 4.79 Å². The van der Waals surface area contributed by atoms with Crippen molar-refractivity contribution in [1.29, 1.82) is 5.26 Å². The molecule has 0 fully saturated rings. The topological polar surface area (TPSA) is 62.1 Å². The number of nitrogens with zero attached hydrogens (tertiary/aromatic N) is 1. The number of carbonyl (C=O) groups is 1. The van der Waals surface area contributed by atoms with Crippen molar-refractivity contribution in [3.63, 3.8) is 0 Å². The van der Waals surface area contributed by atoms with Gasteiger partial charge >= 0.3 is 0 Å². The molecule has 0 saturated carbocycles. The number of hydrogen-bond acceptors (Lipinski definition) is 4. The van der Waals surface area contributed by atoms with E-state index in [1.165, 1.54) is 16.2 Å². The Morgan fingerprint density at radius 2 is 2.53 bits per heavy atom. The minimum Gasteiger partial charge on any atom is -0.384 e. The number of hydrogen-bond donors (Lipinski definition) is 1. The summed E-state index contributed by atoms with van der Waals surface area (Å²) < 4.78 is 5.18. The molecule has 1 unspecified atom stereocenters. The Kier molecular flexibility index (Phi) is 3.77. The Balaban J connectivity index is 2.27. The smallest absolute Gasteiger partial charge is 0.212 e. The molecule has 0 spiro atoms. The van der Waals surface area contributed by atoms with Crippen molar-refractivity contribution in [2.24, 2.45) is 5.92 Å². The Hall–Kier alpha value is -1.38. The molecule has 4 nitrogen and oxygen atoms in total. The number of amides is 1. The van der Waals surface area contributed by atoms with Gasteiger partial charge in [-0.3, -0.25) is 4.79 Å². The zero-order chi connectivity index (χ0) is 12.3. The predicted molar refractivity (Wildman–Crippen MR) is 66.1 cm³/mol. The number of carbonyl (C=O) groups excluding carboxylic acids is 1. The van der Waals surface area contributed by atoms with Crippen LogP contribution in [0.2, 0.25) is 0 Å². The first kappa shape index (κ1) is 12.1. The monoisotopic (exact) mass is 250 g/mol. The Bertz CT molecular complexity index is 462. The first-order valence-electron chi connectivity index (χ1n) is 5.54. The van der Waals surface area contributed by atoms with Crippen molar-refractivity contribution in [3.05, 3.63) is 16.0 Å². The van der Waals surface area contributed by atoms with Gasteiger partial charge in [0.05, 0.1) is 5.56 Å². The van der Waals surface area contributed by atoms with E-state index < -0.39 is 0 Å². The summed E-state index contributed by atoms with van der Waals surface area (Å²) in [5.41, 5.74) is 1.77. The average molecular weight is 250 g/mol. The zero-order valence-corrected chi connectivity index (χ0v) is 10.5. The highest BCUT2D eigenvalue weighted by Crippen LogP contribution is 2.39. The van der Waals surface area contributed by atoms with Gasteiger partial charge in [-0.25, -0.2) is 0 Å². The van der Waals surface area contributed by atoms with Gasteiger partial charge in [0.2, 0.25) is 6.41 Å². The van der Waals surface area contributed by atoms with Gasteiger partial charge < -0.3 is 10.1 Å². The summed E-state index contributed by atoms with van der Waals surface area (Å²) in [6.45, 7) is 0.760. The molecule has 1 aromatic rings. The van der Waals surface area contributed by atoms with E-state index in [2.05, 4.69) is 11.4 Å². The molecule has 0 aromatic carbocycles. The fourth-order valence-corrected chi connectivity index (χ4v) is 3.58. The van der Waals surface area contributed by atoms with Crippen LogP contribution in [0.1, 0.15) is 22.4 Å². The molecule has 0 saturated heterocycles. The lowest BCUT2D eigenvalue weighted by Crippen LogP contribution is -2.17. The number of methoxy groups -OCH3 is 1. The van der Waals surface area contributed by atoms with Crippen LogP contribution in [-0.2, 0) is 22.4 Å². The van der Waals surface area contributed by atoms with Gasteiger partial charge in [0.15, 0.2) is 0 Å². The first-order chi connectivity index (χ1) is 8.30. The lowest BCUT2D eigenvalue weighted by molar-refractivity contribution is -0.105. The molecule has 1 aliphatic carbocycles. The normalized spacial score (nSPS) is 18.2. The van der Waals surface area contributed by atoms with Gasteiger partial charge in [-0.2, -0.15) is 5.26 Å². The molecule has 1 aromatic heterocycles. The summed E-state index contributed by atoms with van der Waals surface area (Å²) in [7, 11) is 1.71. The average Bonchev–Trinajstić information content (AvgIpc) is 2.66. The summed E-state index contributed by atoms with van der Waals surface area (Å²) >= 11 is 1.52. The molecule has 1 atom stereocenters. The second-order valence-corrected chi connectivity index (χ2v) is 5.25. The van der Waals surface area contributed by atoms with E-state index in [-0.39, 0.29) is 0 Å². The molecule has 2 rings (SSSR count). The van der Waals surface area contributed by atoms with Crippen LogP contribution in [0.4, 0.5) is 5.00 Å². The quantitative estimate of drug-likeness (QED) is 0.831. The van der Waals surface area contributed by atoms with Gasteiger partial charge in [0, 0.05) is 18.6 Å². The fraction of sp³-hybridized carbons (Fsp3) is 0.500. The van der Waals surface area contributed by atoms with Crippen LogP contribution in [0.15, 0.2) is 0 Å². The number of fused-ring (bicyclic) bond motifs is 1. The lowest BCUT2D eigenvalue weighted by Gasteiger charge is -2.21. The van der Waals surface area contributed by atoms with Crippen LogP contribution in [-0.4, -0.2) is 20.1 Å². The maximum atomic E-state index is 10.5. The van der Waals surface area contributed by atoms with Crippen LogP contribution in [0, 0.1) is 17.2 Å². The van der Waals surface area contributed by atoms with Gasteiger partial charge in [-0.1, -0.05) is 0 Å². The van der Waals surface area contributed by atoms with E-state index in [1.807, 2.05) is 0 Å². The minimum absolute atomic E-state index is 0.529. The first-order valence-corrected chi connectivity index (χ1v) is 6.35. The van der Waals surface area contributed by atoms with Crippen molar-refractivity contribution in [2.75, 3.05) is 19.0 Å². The van der Waals surface area contributed by atoms with Crippen LogP contribution >= 0.6 is 11.3 Å². The minimum atomic E-state index is 0.529. The third-order valence-electron chi connectivity index (χ3n) is 3.07. The maximum absolute atomic E-state index is 10.5. The highest BCUT2D eigenvalue weighted by Gasteiger charge is 2.25. The highest BCUT2D eigenvalue weighted by atomic mass is 32.1. The standard InChI is InChI=1S/C12H14N2O2S/c1-16-6-8-2-3-9-10(5-13)12(14-7-15)17-11(9)4-8/h7-8H,2-4,6H2,1H3,(H,14,15). The van der Waals surface area contributed by atoms with Crippen molar-refractivity contribution in [3.8, 4) is 6.07 Å². The molecule has 1 aliphatic rings. The molecule has 5 heteroatoms. The Labute approximate surface area is 104 Å². The lowest BCUT2D eigenvalue weighted by atomic mass is 9.88. The highest BCUT2D eigenvalue weighted by molar-refractivity contribution is 7.16. The zero-order valence-electron chi connectivity index (χ0n) is 9.66. The number of ether oxygens (including phenoxy) is 1. The fourth-order valence-electron chi connectivity index (χ4n) is 2.31. The van der Waals surface area contributed by atoms with Gasteiger partial charge in [0.1, 0.15) is 11.1 Å². The van der Waals surface area contributed by atoms with E-state index in [1.54, 1.807) is 7.11 Å². The van der Waals surface area contributed by atoms with Crippen LogP contribution < -0.4 is 5.32 Å². The Morgan fingerprint density at radius 1 is 1.71 bits per heavy atom. The van der Waals surface area contributed by atoms with E-state index in [0.717, 1.165) is 31.4 Å². The summed E-state index contributed by atoms with van der Waals surface area (Å²) in [5, 5.41) is 12.4. The van der Waals surface area contributed by atoms with Crippen LogP contribution in [0.5, 0.6) is 0 Å². The van der Waals surface area contributed by atoms with E-state index >= 15 is 0 Å². The molecule has 0 aliphatic heterocycles. The predicted octanol–water partition coefficient (Wildman–Crippen LogP) is 1.94. The van der Waals surface area contributed by atoms with Crippen molar-refractivity contribution in [2.45, 2.75) is 19.3 Å². The van der Waals surface area contributed by atoms with E-state index in [0.29, 0.717) is 22.9 Å². The number of thiophene rings is 1. The second-order valence-electron chi connectivity index (χ2n) is 4.15. The molecule has 1 N–H and O–H groups in total. The third kappa shape index (κ3) is 2.33. The number of nitrogens with one attached hydrogen (secondary N) is 1. The maximum Gasteiger partial charge on any atom is 0.212 e. The Morgan fingerprint density at radius 3 is 3.18 bits per heavy atom. The SMILES string of the molecule is COCC1CCc2c(sc(NC=O)c2C#N)C1. The summed E-state index contributed by atoms with van der Waals surface area (Å²) in [6, 6.07) is 2.19. The third-order valence-corrected chi connectivity index (χ3v) is 4.26. The summed E-state index contributed by atoms with van der Waals surface area (Å²) in [6.07, 6.45) is 3.53. The second kappa shape index (κ2) is 5.30. The van der Waals surface area contributed by atoms with Gasteiger partial charge in [-0.15, -0.1) is 11.3 Å². The number of anilines is 1. The number of rotatable bonds is 4. The largest absolute Gasteiger partial charge is 0.384 e. The molecule has 1 heterocycles. The van der Waals surface area contributed by atoms with Crippen LogP contribution in [0.3, 0.4) is 0 Å². The van der Waals surface area contributed by atoms with Crippen LogP contribution in [0.25, 0.3) is 0 Å². The number of nitriles is 1. The van der Waals surface area contributed by atoms with Gasteiger partial charge in [-0.05, 0) is 30.7 Å². The van der Waals surface area contributed by atoms with Crippen molar-refractivity contribution >= 4 is 22.7 Å². The molecular formula is C12H14N2O2S. The van der Waals surface area contributed by atoms with Crippen molar-refractivity contribution in [1.82, 2.24) is 0 Å². The molecule has 0 radical (unpaired) electrons. The molecular weight excluding hydrogens is 236 g/mol. The van der Waals surface area contributed by atoms with E-state index in [4.69, 9.17) is 10.00 Å².